The zero-order valence-electron chi connectivity index (χ0n) is 12.8. The standard InChI is InChI=1S/C17H20N2O3/c1-3-10-22-14-7-4-12(5-8-14)17(20)19-15-11-13(18)6-9-16(15)21-2/h4-9,11H,3,10,18H2,1-2H3,(H,19,20). The number of benzene rings is 2. The molecule has 5 heteroatoms. The lowest BCUT2D eigenvalue weighted by Crippen LogP contribution is -2.12. The molecule has 0 radical (unpaired) electrons. The number of hydrogen-bond acceptors (Lipinski definition) is 4. The average Bonchev–Trinajstić information content (AvgIpc) is 2.53. The Morgan fingerprint density at radius 2 is 1.91 bits per heavy atom. The van der Waals surface area contributed by atoms with Gasteiger partial charge in [0.1, 0.15) is 11.5 Å². The van der Waals surface area contributed by atoms with Gasteiger partial charge in [0.2, 0.25) is 0 Å². The monoisotopic (exact) mass is 300 g/mol. The number of carbonyl (C=O) groups is 1. The molecule has 0 atom stereocenters. The maximum Gasteiger partial charge on any atom is 0.255 e. The molecule has 0 spiro atoms. The third kappa shape index (κ3) is 3.91. The van der Waals surface area contributed by atoms with Gasteiger partial charge in [-0.05, 0) is 48.9 Å². The Bertz CT molecular complexity index is 639. The van der Waals surface area contributed by atoms with Crippen molar-refractivity contribution in [1.82, 2.24) is 0 Å². The Morgan fingerprint density at radius 3 is 2.55 bits per heavy atom. The molecule has 0 saturated heterocycles. The highest BCUT2D eigenvalue weighted by atomic mass is 16.5. The van der Waals surface area contributed by atoms with Crippen molar-refractivity contribution in [1.29, 1.82) is 0 Å². The number of amides is 1. The number of rotatable bonds is 6. The van der Waals surface area contributed by atoms with E-state index in [1.54, 1.807) is 49.6 Å². The highest BCUT2D eigenvalue weighted by molar-refractivity contribution is 6.05. The van der Waals surface area contributed by atoms with Crippen molar-refractivity contribution >= 4 is 17.3 Å². The number of methoxy groups -OCH3 is 1. The van der Waals surface area contributed by atoms with Crippen LogP contribution in [0.3, 0.4) is 0 Å². The molecule has 0 heterocycles. The van der Waals surface area contributed by atoms with Gasteiger partial charge < -0.3 is 20.5 Å². The van der Waals surface area contributed by atoms with Crippen LogP contribution in [-0.4, -0.2) is 19.6 Å². The van der Waals surface area contributed by atoms with Crippen LogP contribution in [0.15, 0.2) is 42.5 Å². The molecule has 0 aromatic heterocycles. The summed E-state index contributed by atoms with van der Waals surface area (Å²) in [5.74, 6) is 1.08. The van der Waals surface area contributed by atoms with Crippen molar-refractivity contribution in [3.05, 3.63) is 48.0 Å². The van der Waals surface area contributed by atoms with Crippen molar-refractivity contribution in [2.45, 2.75) is 13.3 Å². The molecule has 0 bridgehead atoms. The van der Waals surface area contributed by atoms with Crippen molar-refractivity contribution in [2.75, 3.05) is 24.8 Å². The van der Waals surface area contributed by atoms with E-state index in [1.807, 2.05) is 6.92 Å². The molecular weight excluding hydrogens is 280 g/mol. The third-order valence-electron chi connectivity index (χ3n) is 3.06. The molecule has 0 fully saturated rings. The fourth-order valence-electron chi connectivity index (χ4n) is 1.94. The number of nitrogens with two attached hydrogens (primary N) is 1. The van der Waals surface area contributed by atoms with E-state index in [4.69, 9.17) is 15.2 Å². The first kappa shape index (κ1) is 15.7. The molecule has 5 nitrogen and oxygen atoms in total. The topological polar surface area (TPSA) is 73.6 Å². The summed E-state index contributed by atoms with van der Waals surface area (Å²) >= 11 is 0. The van der Waals surface area contributed by atoms with Crippen molar-refractivity contribution in [3.63, 3.8) is 0 Å². The van der Waals surface area contributed by atoms with E-state index in [0.717, 1.165) is 12.2 Å². The quantitative estimate of drug-likeness (QED) is 0.803. The lowest BCUT2D eigenvalue weighted by molar-refractivity contribution is 0.102. The van der Waals surface area contributed by atoms with Crippen molar-refractivity contribution in [2.24, 2.45) is 0 Å². The smallest absolute Gasteiger partial charge is 0.255 e. The predicted molar refractivity (Wildman–Crippen MR) is 87.6 cm³/mol. The second-order valence-corrected chi connectivity index (χ2v) is 4.79. The van der Waals surface area contributed by atoms with Gasteiger partial charge in [0, 0.05) is 11.3 Å². The average molecular weight is 300 g/mol. The Hall–Kier alpha value is -2.69. The van der Waals surface area contributed by atoms with Crippen LogP contribution < -0.4 is 20.5 Å². The van der Waals surface area contributed by atoms with Crippen LogP contribution in [0.4, 0.5) is 11.4 Å². The first-order valence-corrected chi connectivity index (χ1v) is 7.11. The normalized spacial score (nSPS) is 10.1. The van der Waals surface area contributed by atoms with Crippen LogP contribution in [-0.2, 0) is 0 Å². The van der Waals surface area contributed by atoms with Crippen LogP contribution in [0.1, 0.15) is 23.7 Å². The van der Waals surface area contributed by atoms with E-state index >= 15 is 0 Å². The highest BCUT2D eigenvalue weighted by Gasteiger charge is 2.10. The molecule has 3 N–H and O–H groups in total. The molecule has 1 amide bonds. The largest absolute Gasteiger partial charge is 0.495 e. The number of carbonyl (C=O) groups excluding carboxylic acids is 1. The van der Waals surface area contributed by atoms with Gasteiger partial charge in [0.25, 0.3) is 5.91 Å². The van der Waals surface area contributed by atoms with Crippen molar-refractivity contribution < 1.29 is 14.3 Å². The summed E-state index contributed by atoms with van der Waals surface area (Å²) in [6.07, 6.45) is 0.942. The summed E-state index contributed by atoms with van der Waals surface area (Å²) in [4.78, 5) is 12.3. The number of ether oxygens (including phenoxy) is 2. The summed E-state index contributed by atoms with van der Waals surface area (Å²) in [6, 6.07) is 12.1. The van der Waals surface area contributed by atoms with E-state index in [-0.39, 0.29) is 5.91 Å². The Morgan fingerprint density at radius 1 is 1.18 bits per heavy atom. The summed E-state index contributed by atoms with van der Waals surface area (Å²) < 4.78 is 10.7. The van der Waals surface area contributed by atoms with Crippen molar-refractivity contribution in [3.8, 4) is 11.5 Å². The van der Waals surface area contributed by atoms with Gasteiger partial charge in [-0.25, -0.2) is 0 Å². The van der Waals surface area contributed by atoms with Gasteiger partial charge in [-0.15, -0.1) is 0 Å². The van der Waals surface area contributed by atoms with Gasteiger partial charge in [-0.3, -0.25) is 4.79 Å². The van der Waals surface area contributed by atoms with Crippen LogP contribution in [0.25, 0.3) is 0 Å². The predicted octanol–water partition coefficient (Wildman–Crippen LogP) is 3.32. The van der Waals surface area contributed by atoms with E-state index in [1.165, 1.54) is 0 Å². The minimum Gasteiger partial charge on any atom is -0.495 e. The Kier molecular flexibility index (Phi) is 5.25. The molecule has 0 aliphatic carbocycles. The van der Waals surface area contributed by atoms with E-state index in [9.17, 15) is 4.79 Å². The fourth-order valence-corrected chi connectivity index (χ4v) is 1.94. The first-order valence-electron chi connectivity index (χ1n) is 7.11. The lowest BCUT2D eigenvalue weighted by Gasteiger charge is -2.11. The SMILES string of the molecule is CCCOc1ccc(C(=O)Nc2cc(N)ccc2OC)cc1. The van der Waals surface area contributed by atoms with E-state index in [2.05, 4.69) is 5.32 Å². The molecular formula is C17H20N2O3. The first-order chi connectivity index (χ1) is 10.6. The molecule has 2 aromatic carbocycles. The summed E-state index contributed by atoms with van der Waals surface area (Å²) in [7, 11) is 1.54. The molecule has 0 saturated carbocycles. The Balaban J connectivity index is 2.10. The maximum absolute atomic E-state index is 12.3. The maximum atomic E-state index is 12.3. The minimum atomic E-state index is -0.231. The molecule has 2 rings (SSSR count). The van der Waals surface area contributed by atoms with Gasteiger partial charge in [0.15, 0.2) is 0 Å². The zero-order chi connectivity index (χ0) is 15.9. The van der Waals surface area contributed by atoms with Crippen LogP contribution in [0, 0.1) is 0 Å². The zero-order valence-corrected chi connectivity index (χ0v) is 12.8. The number of anilines is 2. The summed E-state index contributed by atoms with van der Waals surface area (Å²) in [5.41, 5.74) is 7.37. The fraction of sp³-hybridized carbons (Fsp3) is 0.235. The Labute approximate surface area is 130 Å². The van der Waals surface area contributed by atoms with Gasteiger partial charge >= 0.3 is 0 Å². The number of hydrogen-bond donors (Lipinski definition) is 2. The van der Waals surface area contributed by atoms with E-state index in [0.29, 0.717) is 29.3 Å². The highest BCUT2D eigenvalue weighted by Crippen LogP contribution is 2.27. The van der Waals surface area contributed by atoms with E-state index < -0.39 is 0 Å². The molecule has 22 heavy (non-hydrogen) atoms. The lowest BCUT2D eigenvalue weighted by atomic mass is 10.2. The minimum absolute atomic E-state index is 0.231. The second kappa shape index (κ2) is 7.36. The van der Waals surface area contributed by atoms with Gasteiger partial charge in [0.05, 0.1) is 19.4 Å². The van der Waals surface area contributed by atoms with Gasteiger partial charge in [-0.2, -0.15) is 0 Å². The second-order valence-electron chi connectivity index (χ2n) is 4.79. The molecule has 2 aromatic rings. The van der Waals surface area contributed by atoms with Crippen LogP contribution >= 0.6 is 0 Å². The summed E-state index contributed by atoms with van der Waals surface area (Å²) in [6.45, 7) is 2.70. The van der Waals surface area contributed by atoms with Gasteiger partial charge in [-0.1, -0.05) is 6.92 Å². The number of nitrogen functional groups attached to an aromatic ring is 1. The molecule has 0 unspecified atom stereocenters. The third-order valence-corrected chi connectivity index (χ3v) is 3.06. The number of nitrogens with one attached hydrogen (secondary N) is 1. The van der Waals surface area contributed by atoms with Crippen LogP contribution in [0.5, 0.6) is 11.5 Å². The molecule has 116 valence electrons. The molecule has 0 aliphatic rings. The van der Waals surface area contributed by atoms with Crippen LogP contribution in [0.2, 0.25) is 0 Å². The summed E-state index contributed by atoms with van der Waals surface area (Å²) in [5, 5.41) is 2.80. The molecule has 0 aliphatic heterocycles.